The van der Waals surface area contributed by atoms with Crippen molar-refractivity contribution in [1.29, 1.82) is 0 Å². The summed E-state index contributed by atoms with van der Waals surface area (Å²) in [6, 6.07) is 15.1. The fraction of sp³-hybridized carbons (Fsp3) is 0.294. The first kappa shape index (κ1) is 11.6. The number of para-hydroxylation sites is 1. The monoisotopic (exact) mass is 266 g/mol. The van der Waals surface area contributed by atoms with Gasteiger partial charge >= 0.3 is 0 Å². The smallest absolute Gasteiger partial charge is 0.142 e. The van der Waals surface area contributed by atoms with Crippen molar-refractivity contribution >= 4 is 11.4 Å². The van der Waals surface area contributed by atoms with Crippen LogP contribution in [-0.2, 0) is 6.42 Å². The lowest BCUT2D eigenvalue weighted by atomic mass is 9.88. The van der Waals surface area contributed by atoms with Gasteiger partial charge in [-0.15, -0.1) is 0 Å². The minimum Gasteiger partial charge on any atom is -0.490 e. The van der Waals surface area contributed by atoms with Crippen molar-refractivity contribution in [3.63, 3.8) is 0 Å². The van der Waals surface area contributed by atoms with Crippen LogP contribution in [0, 0.1) is 0 Å². The van der Waals surface area contributed by atoms with Crippen LogP contribution in [0.2, 0.25) is 0 Å². The van der Waals surface area contributed by atoms with Gasteiger partial charge in [-0.3, -0.25) is 0 Å². The van der Waals surface area contributed by atoms with Crippen LogP contribution in [0.5, 0.6) is 5.75 Å². The lowest BCUT2D eigenvalue weighted by Crippen LogP contribution is -2.22. The van der Waals surface area contributed by atoms with Gasteiger partial charge in [0.25, 0.3) is 0 Å². The van der Waals surface area contributed by atoms with E-state index >= 15 is 0 Å². The number of benzene rings is 2. The number of nitrogens with one attached hydrogen (secondary N) is 2. The average molecular weight is 266 g/mol. The van der Waals surface area contributed by atoms with Crippen molar-refractivity contribution in [3.05, 3.63) is 53.6 Å². The van der Waals surface area contributed by atoms with Gasteiger partial charge in [-0.05, 0) is 35.7 Å². The van der Waals surface area contributed by atoms with Crippen LogP contribution < -0.4 is 15.4 Å². The van der Waals surface area contributed by atoms with Crippen LogP contribution in [0.15, 0.2) is 42.5 Å². The summed E-state index contributed by atoms with van der Waals surface area (Å²) in [4.78, 5) is 0. The molecule has 0 saturated carbocycles. The van der Waals surface area contributed by atoms with E-state index in [4.69, 9.17) is 4.74 Å². The van der Waals surface area contributed by atoms with E-state index in [1.54, 1.807) is 0 Å². The van der Waals surface area contributed by atoms with Crippen molar-refractivity contribution < 1.29 is 4.74 Å². The predicted octanol–water partition coefficient (Wildman–Crippen LogP) is 3.24. The Kier molecular flexibility index (Phi) is 2.76. The van der Waals surface area contributed by atoms with Crippen LogP contribution in [0.25, 0.3) is 0 Å². The highest BCUT2D eigenvalue weighted by atomic mass is 16.5. The topological polar surface area (TPSA) is 33.3 Å². The molecule has 2 aromatic carbocycles. The third-order valence-corrected chi connectivity index (χ3v) is 4.17. The van der Waals surface area contributed by atoms with Crippen molar-refractivity contribution in [2.75, 3.05) is 30.3 Å². The minimum atomic E-state index is 0.515. The Morgan fingerprint density at radius 2 is 1.95 bits per heavy atom. The molecule has 0 fully saturated rings. The molecule has 2 heterocycles. The molecule has 3 heteroatoms. The van der Waals surface area contributed by atoms with Gasteiger partial charge in [-0.25, -0.2) is 0 Å². The second-order valence-corrected chi connectivity index (χ2v) is 5.47. The summed E-state index contributed by atoms with van der Waals surface area (Å²) in [6.07, 6.45) is 1.09. The first-order valence-electron chi connectivity index (χ1n) is 7.22. The Balaban J connectivity index is 1.63. The van der Waals surface area contributed by atoms with Crippen LogP contribution in [0.3, 0.4) is 0 Å². The van der Waals surface area contributed by atoms with Crippen molar-refractivity contribution in [1.82, 2.24) is 0 Å². The third kappa shape index (κ3) is 1.99. The Morgan fingerprint density at radius 3 is 2.95 bits per heavy atom. The molecule has 0 saturated heterocycles. The summed E-state index contributed by atoms with van der Waals surface area (Å²) in [5, 5.41) is 6.90. The van der Waals surface area contributed by atoms with E-state index in [9.17, 15) is 0 Å². The van der Waals surface area contributed by atoms with E-state index in [1.165, 1.54) is 16.8 Å². The maximum absolute atomic E-state index is 5.74. The van der Waals surface area contributed by atoms with Gasteiger partial charge in [0.1, 0.15) is 12.4 Å². The molecule has 0 aliphatic carbocycles. The van der Waals surface area contributed by atoms with Gasteiger partial charge in [0, 0.05) is 24.7 Å². The third-order valence-electron chi connectivity index (χ3n) is 4.17. The second kappa shape index (κ2) is 4.75. The Labute approximate surface area is 119 Å². The zero-order valence-electron chi connectivity index (χ0n) is 11.4. The molecule has 102 valence electrons. The number of hydrogen-bond donors (Lipinski definition) is 2. The number of ether oxygens (including phenoxy) is 1. The van der Waals surface area contributed by atoms with Gasteiger partial charge in [-0.2, -0.15) is 0 Å². The fourth-order valence-corrected chi connectivity index (χ4v) is 3.08. The molecule has 0 bridgehead atoms. The van der Waals surface area contributed by atoms with Crippen LogP contribution >= 0.6 is 0 Å². The zero-order chi connectivity index (χ0) is 13.4. The van der Waals surface area contributed by atoms with Crippen LogP contribution in [-0.4, -0.2) is 19.7 Å². The molecular weight excluding hydrogens is 248 g/mol. The number of rotatable bonds is 1. The lowest BCUT2D eigenvalue weighted by molar-refractivity contribution is 0.322. The van der Waals surface area contributed by atoms with Gasteiger partial charge in [0.2, 0.25) is 0 Å². The molecule has 0 amide bonds. The maximum atomic E-state index is 5.74. The molecule has 20 heavy (non-hydrogen) atoms. The largest absolute Gasteiger partial charge is 0.490 e. The Bertz CT molecular complexity index is 639. The second-order valence-electron chi connectivity index (χ2n) is 5.47. The first-order chi connectivity index (χ1) is 9.90. The SMILES string of the molecule is c1ccc2c(c1)CC(c1ccc3c(c1)OCCN3)CN2. The van der Waals surface area contributed by atoms with Gasteiger partial charge in [0.15, 0.2) is 0 Å². The minimum absolute atomic E-state index is 0.515. The quantitative estimate of drug-likeness (QED) is 0.831. The van der Waals surface area contributed by atoms with E-state index in [1.807, 2.05) is 0 Å². The van der Waals surface area contributed by atoms with Crippen molar-refractivity contribution in [2.24, 2.45) is 0 Å². The van der Waals surface area contributed by atoms with Gasteiger partial charge in [-0.1, -0.05) is 24.3 Å². The highest BCUT2D eigenvalue weighted by Gasteiger charge is 2.21. The molecule has 1 atom stereocenters. The van der Waals surface area contributed by atoms with Crippen molar-refractivity contribution in [3.8, 4) is 5.75 Å². The van der Waals surface area contributed by atoms with Crippen LogP contribution in [0.1, 0.15) is 17.0 Å². The summed E-state index contributed by atoms with van der Waals surface area (Å²) in [5.74, 6) is 1.51. The van der Waals surface area contributed by atoms with Crippen LogP contribution in [0.4, 0.5) is 11.4 Å². The van der Waals surface area contributed by atoms with E-state index in [0.717, 1.165) is 37.6 Å². The van der Waals surface area contributed by atoms with E-state index in [0.29, 0.717) is 5.92 Å². The number of hydrogen-bond acceptors (Lipinski definition) is 3. The molecule has 2 aliphatic heterocycles. The molecular formula is C17H18N2O. The van der Waals surface area contributed by atoms with Gasteiger partial charge < -0.3 is 15.4 Å². The first-order valence-corrected chi connectivity index (χ1v) is 7.22. The van der Waals surface area contributed by atoms with E-state index < -0.39 is 0 Å². The number of anilines is 2. The standard InChI is InChI=1S/C17H18N2O/c1-2-4-15-13(3-1)9-14(11-19-15)12-5-6-16-17(10-12)20-8-7-18-16/h1-6,10,14,18-19H,7-9,11H2. The van der Waals surface area contributed by atoms with Crippen molar-refractivity contribution in [2.45, 2.75) is 12.3 Å². The molecule has 2 aromatic rings. The highest BCUT2D eigenvalue weighted by Crippen LogP contribution is 2.35. The normalized spacial score (nSPS) is 19.9. The van der Waals surface area contributed by atoms with E-state index in [2.05, 4.69) is 53.1 Å². The maximum Gasteiger partial charge on any atom is 0.142 e. The molecule has 0 aromatic heterocycles. The zero-order valence-corrected chi connectivity index (χ0v) is 11.4. The number of fused-ring (bicyclic) bond motifs is 2. The summed E-state index contributed by atoms with van der Waals surface area (Å²) in [6.45, 7) is 2.64. The Morgan fingerprint density at radius 1 is 1.00 bits per heavy atom. The van der Waals surface area contributed by atoms with E-state index in [-0.39, 0.29) is 0 Å². The molecule has 2 N–H and O–H groups in total. The molecule has 2 aliphatic rings. The highest BCUT2D eigenvalue weighted by molar-refractivity contribution is 5.60. The van der Waals surface area contributed by atoms with Gasteiger partial charge in [0.05, 0.1) is 5.69 Å². The Hall–Kier alpha value is -2.16. The summed E-state index contributed by atoms with van der Waals surface area (Å²) in [7, 11) is 0. The molecule has 1 unspecified atom stereocenters. The molecule has 0 radical (unpaired) electrons. The summed E-state index contributed by atoms with van der Waals surface area (Å²) < 4.78 is 5.74. The lowest BCUT2D eigenvalue weighted by Gasteiger charge is -2.28. The average Bonchev–Trinajstić information content (AvgIpc) is 2.54. The fourth-order valence-electron chi connectivity index (χ4n) is 3.08. The summed E-state index contributed by atoms with van der Waals surface area (Å²) in [5.41, 5.74) is 5.15. The molecule has 3 nitrogen and oxygen atoms in total. The summed E-state index contributed by atoms with van der Waals surface area (Å²) >= 11 is 0. The predicted molar refractivity (Wildman–Crippen MR) is 81.8 cm³/mol. The molecule has 4 rings (SSSR count). The molecule has 0 spiro atoms.